The number of hydrogen-bond acceptors (Lipinski definition) is 10. The Hall–Kier alpha value is -3.80. The molecule has 0 spiro atoms. The van der Waals surface area contributed by atoms with E-state index in [4.69, 9.17) is 10.5 Å². The van der Waals surface area contributed by atoms with Crippen LogP contribution in [0.3, 0.4) is 0 Å². The summed E-state index contributed by atoms with van der Waals surface area (Å²) in [6.45, 7) is 10.7. The topological polar surface area (TPSA) is 158 Å². The lowest BCUT2D eigenvalue weighted by atomic mass is 9.79. The molecule has 0 aliphatic carbocycles. The third kappa shape index (κ3) is 6.13. The molecule has 1 aliphatic rings. The minimum Gasteiger partial charge on any atom is -0.494 e. The van der Waals surface area contributed by atoms with Crippen LogP contribution >= 0.6 is 0 Å². The van der Waals surface area contributed by atoms with Crippen LogP contribution in [0.4, 0.5) is 17.5 Å². The van der Waals surface area contributed by atoms with Gasteiger partial charge in [-0.25, -0.2) is 4.98 Å². The normalized spacial score (nSPS) is 16.8. The van der Waals surface area contributed by atoms with E-state index in [2.05, 4.69) is 76.1 Å². The van der Waals surface area contributed by atoms with Gasteiger partial charge in [0.15, 0.2) is 5.82 Å². The van der Waals surface area contributed by atoms with Crippen LogP contribution in [0.1, 0.15) is 70.1 Å². The molecule has 12 heteroatoms. The highest BCUT2D eigenvalue weighted by atomic mass is 16.5. The number of ether oxygens (including phenoxy) is 1. The number of tetrazole rings is 1. The number of aromatic nitrogens is 6. The molecule has 1 saturated heterocycles. The predicted octanol–water partition coefficient (Wildman–Crippen LogP) is 2.98. The molecule has 12 nitrogen and oxygen atoms in total. The Morgan fingerprint density at radius 2 is 1.97 bits per heavy atom. The van der Waals surface area contributed by atoms with Crippen LogP contribution < -0.4 is 26.4 Å². The summed E-state index contributed by atoms with van der Waals surface area (Å²) < 4.78 is 7.21. The molecule has 2 aromatic heterocycles. The van der Waals surface area contributed by atoms with Crippen molar-refractivity contribution in [3.63, 3.8) is 0 Å². The number of piperidine rings is 1. The summed E-state index contributed by atoms with van der Waals surface area (Å²) in [5, 5.41) is 22.4. The number of anilines is 3. The van der Waals surface area contributed by atoms with Gasteiger partial charge in [-0.05, 0) is 75.6 Å². The molecule has 5 N–H and O–H groups in total. The molecular formula is C25H36N10O2. The van der Waals surface area contributed by atoms with Crippen LogP contribution in [0, 0.1) is 0 Å². The second-order valence-corrected chi connectivity index (χ2v) is 10.7. The second-order valence-electron chi connectivity index (χ2n) is 10.7. The van der Waals surface area contributed by atoms with Crippen molar-refractivity contribution < 1.29 is 9.53 Å². The first-order valence-electron chi connectivity index (χ1n) is 12.5. The van der Waals surface area contributed by atoms with Crippen LogP contribution in [0.5, 0.6) is 5.75 Å². The summed E-state index contributed by atoms with van der Waals surface area (Å²) in [6.07, 6.45) is 4.79. The fraction of sp³-hybridized carbons (Fsp3) is 0.520. The van der Waals surface area contributed by atoms with E-state index in [1.165, 1.54) is 6.20 Å². The van der Waals surface area contributed by atoms with E-state index in [1.807, 2.05) is 18.2 Å². The van der Waals surface area contributed by atoms with Gasteiger partial charge in [-0.2, -0.15) is 9.67 Å². The lowest BCUT2D eigenvalue weighted by Crippen LogP contribution is -2.60. The molecule has 4 rings (SSSR count). The zero-order valence-electron chi connectivity index (χ0n) is 22.3. The average molecular weight is 509 g/mol. The van der Waals surface area contributed by atoms with Crippen molar-refractivity contribution in [3.05, 3.63) is 35.8 Å². The number of nitrogens with zero attached hydrogens (tertiary/aromatic N) is 6. The second kappa shape index (κ2) is 10.3. The minimum absolute atomic E-state index is 0.0766. The van der Waals surface area contributed by atoms with E-state index in [-0.39, 0.29) is 22.7 Å². The lowest BCUT2D eigenvalue weighted by Gasteiger charge is -2.46. The minimum atomic E-state index is -0.588. The van der Waals surface area contributed by atoms with E-state index in [1.54, 1.807) is 11.8 Å². The summed E-state index contributed by atoms with van der Waals surface area (Å²) in [5.41, 5.74) is 7.13. The molecule has 0 atom stereocenters. The van der Waals surface area contributed by atoms with Crippen LogP contribution in [0.25, 0.3) is 5.69 Å². The molecule has 3 aromatic rings. The molecule has 37 heavy (non-hydrogen) atoms. The summed E-state index contributed by atoms with van der Waals surface area (Å²) in [7, 11) is 1.60. The van der Waals surface area contributed by atoms with Gasteiger partial charge in [0.1, 0.15) is 17.3 Å². The molecule has 0 unspecified atom stereocenters. The fourth-order valence-corrected chi connectivity index (χ4v) is 5.18. The van der Waals surface area contributed by atoms with Crippen LogP contribution in [-0.2, 0) is 6.42 Å². The Kier molecular flexibility index (Phi) is 7.30. The molecule has 0 bridgehead atoms. The molecule has 1 aliphatic heterocycles. The van der Waals surface area contributed by atoms with E-state index in [0.29, 0.717) is 28.9 Å². The number of methoxy groups -OCH3 is 1. The maximum Gasteiger partial charge on any atom is 0.254 e. The first kappa shape index (κ1) is 26.3. The highest BCUT2D eigenvalue weighted by Gasteiger charge is 2.38. The molecular weight excluding hydrogens is 472 g/mol. The standard InChI is InChI=1S/C25H36N10O2/c1-7-8-20-31-33-34-35(20)18-11-15(9-10-19(18)37-6)29-23-27-14-17(21(26)36)22(30-23)28-16-12-24(2,3)32-25(4,5)13-16/h9-11,14,16,32H,7-8,12-13H2,1-6H3,(H2,26,36)(H2,27,28,29,30). The van der Waals surface area contributed by atoms with Gasteiger partial charge >= 0.3 is 0 Å². The van der Waals surface area contributed by atoms with Crippen LogP contribution in [0.2, 0.25) is 0 Å². The maximum absolute atomic E-state index is 12.2. The third-order valence-electron chi connectivity index (χ3n) is 6.26. The number of primary amides is 1. The zero-order valence-corrected chi connectivity index (χ0v) is 22.3. The third-order valence-corrected chi connectivity index (χ3v) is 6.26. The summed E-state index contributed by atoms with van der Waals surface area (Å²) in [5.74, 6) is 1.50. The van der Waals surface area contributed by atoms with Crippen LogP contribution in [-0.4, -0.2) is 60.3 Å². The molecule has 1 fully saturated rings. The van der Waals surface area contributed by atoms with Gasteiger partial charge < -0.3 is 26.4 Å². The number of nitrogens with two attached hydrogens (primary N) is 1. The SMILES string of the molecule is CCCc1nnnn1-c1cc(Nc2ncc(C(N)=O)c(NC3CC(C)(C)NC(C)(C)C3)n2)ccc1OC. The van der Waals surface area contributed by atoms with Gasteiger partial charge in [-0.1, -0.05) is 6.92 Å². The Morgan fingerprint density at radius 1 is 1.24 bits per heavy atom. The van der Waals surface area contributed by atoms with Gasteiger partial charge in [0.05, 0.1) is 12.7 Å². The van der Waals surface area contributed by atoms with Crippen molar-refractivity contribution in [2.75, 3.05) is 17.7 Å². The van der Waals surface area contributed by atoms with Crippen molar-refractivity contribution in [1.29, 1.82) is 0 Å². The molecule has 1 amide bonds. The molecule has 1 aromatic carbocycles. The first-order valence-corrected chi connectivity index (χ1v) is 12.5. The highest BCUT2D eigenvalue weighted by Crippen LogP contribution is 2.32. The smallest absolute Gasteiger partial charge is 0.254 e. The van der Waals surface area contributed by atoms with E-state index in [0.717, 1.165) is 31.5 Å². The highest BCUT2D eigenvalue weighted by molar-refractivity contribution is 5.97. The lowest BCUT2D eigenvalue weighted by molar-refractivity contribution is 0.100. The summed E-state index contributed by atoms with van der Waals surface area (Å²) >= 11 is 0. The number of aryl methyl sites for hydroxylation is 1. The first-order chi connectivity index (χ1) is 17.5. The predicted molar refractivity (Wildman–Crippen MR) is 141 cm³/mol. The van der Waals surface area contributed by atoms with Gasteiger partial charge in [0, 0.05) is 35.4 Å². The number of benzene rings is 1. The van der Waals surface area contributed by atoms with E-state index in [9.17, 15) is 4.79 Å². The number of carbonyl (C=O) groups is 1. The molecule has 0 radical (unpaired) electrons. The Balaban J connectivity index is 1.63. The van der Waals surface area contributed by atoms with Crippen molar-refractivity contribution in [2.45, 2.75) is 77.4 Å². The summed E-state index contributed by atoms with van der Waals surface area (Å²) in [6, 6.07) is 5.63. The van der Waals surface area contributed by atoms with Crippen molar-refractivity contribution in [3.8, 4) is 11.4 Å². The van der Waals surface area contributed by atoms with Gasteiger partial charge in [0.25, 0.3) is 5.91 Å². The summed E-state index contributed by atoms with van der Waals surface area (Å²) in [4.78, 5) is 21.1. The molecule has 3 heterocycles. The van der Waals surface area contributed by atoms with Crippen LogP contribution in [0.15, 0.2) is 24.4 Å². The molecule has 198 valence electrons. The number of hydrogen-bond donors (Lipinski definition) is 4. The van der Waals surface area contributed by atoms with Crippen molar-refractivity contribution in [1.82, 2.24) is 35.5 Å². The Labute approximate surface area is 216 Å². The molecule has 0 saturated carbocycles. The average Bonchev–Trinajstić information content (AvgIpc) is 3.25. The number of carbonyl (C=O) groups excluding carboxylic acids is 1. The number of amides is 1. The largest absolute Gasteiger partial charge is 0.494 e. The van der Waals surface area contributed by atoms with Gasteiger partial charge in [-0.3, -0.25) is 4.79 Å². The quantitative estimate of drug-likeness (QED) is 0.338. The van der Waals surface area contributed by atoms with E-state index >= 15 is 0 Å². The number of nitrogens with one attached hydrogen (secondary N) is 3. The van der Waals surface area contributed by atoms with Gasteiger partial charge in [0.2, 0.25) is 5.95 Å². The Bertz CT molecular complexity index is 1250. The fourth-order valence-electron chi connectivity index (χ4n) is 5.18. The van der Waals surface area contributed by atoms with Gasteiger partial charge in [-0.15, -0.1) is 5.10 Å². The van der Waals surface area contributed by atoms with E-state index < -0.39 is 5.91 Å². The number of rotatable bonds is 9. The van der Waals surface area contributed by atoms with Crippen molar-refractivity contribution in [2.24, 2.45) is 5.73 Å². The van der Waals surface area contributed by atoms with Crippen molar-refractivity contribution >= 4 is 23.4 Å². The Morgan fingerprint density at radius 3 is 2.62 bits per heavy atom. The monoisotopic (exact) mass is 508 g/mol. The zero-order chi connectivity index (χ0) is 26.8. The maximum atomic E-state index is 12.2.